The Hall–Kier alpha value is -3.17. The van der Waals surface area contributed by atoms with Crippen LogP contribution < -0.4 is 5.32 Å². The highest BCUT2D eigenvalue weighted by atomic mass is 28.4. The zero-order chi connectivity index (χ0) is 25.4. The predicted octanol–water partition coefficient (Wildman–Crippen LogP) is 7.68. The van der Waals surface area contributed by atoms with E-state index in [4.69, 9.17) is 9.41 Å². The number of halogens is 3. The lowest BCUT2D eigenvalue weighted by molar-refractivity contribution is -0.137. The molecule has 0 saturated carbocycles. The van der Waals surface area contributed by atoms with Gasteiger partial charge in [0.25, 0.3) is 0 Å². The van der Waals surface area contributed by atoms with Gasteiger partial charge < -0.3 is 14.1 Å². The fraction of sp³-hybridized carbons (Fsp3) is 0.308. The highest BCUT2D eigenvalue weighted by Gasteiger charge is 2.37. The minimum Gasteiger partial charge on any atom is -0.412 e. The molecule has 4 rings (SSSR count). The summed E-state index contributed by atoms with van der Waals surface area (Å²) in [6.45, 7) is 11.5. The SMILES string of the molecule is CC(C)(C)[Si](C)(C)OCc1cc2ccccn2c1-c1cncc(Nc2ccc(C(F)(F)F)cc2)n1. The first-order chi connectivity index (χ1) is 16.3. The molecular formula is C26H29F3N4OSi. The third-order valence-electron chi connectivity index (χ3n) is 6.52. The van der Waals surface area contributed by atoms with Crippen molar-refractivity contribution in [2.75, 3.05) is 5.32 Å². The minimum absolute atomic E-state index is 0.0810. The molecule has 0 unspecified atom stereocenters. The lowest BCUT2D eigenvalue weighted by Crippen LogP contribution is -2.40. The summed E-state index contributed by atoms with van der Waals surface area (Å²) in [5.41, 5.74) is 3.32. The van der Waals surface area contributed by atoms with Crippen molar-refractivity contribution in [1.29, 1.82) is 0 Å². The summed E-state index contributed by atoms with van der Waals surface area (Å²) in [6, 6.07) is 12.9. The van der Waals surface area contributed by atoms with Crippen LogP contribution in [0.15, 0.2) is 67.1 Å². The lowest BCUT2D eigenvalue weighted by atomic mass is 10.2. The van der Waals surface area contributed by atoms with Gasteiger partial charge in [-0.05, 0) is 60.6 Å². The number of nitrogens with zero attached hydrogens (tertiary/aromatic N) is 3. The zero-order valence-electron chi connectivity index (χ0n) is 20.4. The number of pyridine rings is 1. The summed E-state index contributed by atoms with van der Waals surface area (Å²) in [5.74, 6) is 0.435. The van der Waals surface area contributed by atoms with Crippen molar-refractivity contribution in [2.45, 2.75) is 51.7 Å². The van der Waals surface area contributed by atoms with Crippen molar-refractivity contribution in [3.05, 3.63) is 78.2 Å². The van der Waals surface area contributed by atoms with Crippen molar-refractivity contribution in [2.24, 2.45) is 0 Å². The summed E-state index contributed by atoms with van der Waals surface area (Å²) in [4.78, 5) is 9.06. The van der Waals surface area contributed by atoms with Crippen molar-refractivity contribution < 1.29 is 17.6 Å². The first-order valence-corrected chi connectivity index (χ1v) is 14.3. The fourth-order valence-corrected chi connectivity index (χ4v) is 4.43. The number of anilines is 2. The second-order valence-electron chi connectivity index (χ2n) is 10.1. The largest absolute Gasteiger partial charge is 0.416 e. The molecule has 9 heteroatoms. The van der Waals surface area contributed by atoms with Gasteiger partial charge >= 0.3 is 6.18 Å². The summed E-state index contributed by atoms with van der Waals surface area (Å²) in [7, 11) is -1.98. The van der Waals surface area contributed by atoms with E-state index in [-0.39, 0.29) is 5.04 Å². The average Bonchev–Trinajstić information content (AvgIpc) is 3.15. The molecule has 0 aliphatic heterocycles. The Balaban J connectivity index is 1.66. The predicted molar refractivity (Wildman–Crippen MR) is 135 cm³/mol. The van der Waals surface area contributed by atoms with Crippen LogP contribution >= 0.6 is 0 Å². The number of rotatable bonds is 6. The lowest BCUT2D eigenvalue weighted by Gasteiger charge is -2.36. The third kappa shape index (κ3) is 5.41. The number of alkyl halides is 3. The maximum atomic E-state index is 12.9. The molecule has 0 saturated heterocycles. The molecule has 3 aromatic heterocycles. The molecule has 0 atom stereocenters. The maximum absolute atomic E-state index is 12.9. The van der Waals surface area contributed by atoms with Crippen molar-refractivity contribution in [1.82, 2.24) is 14.4 Å². The molecule has 0 aliphatic rings. The Morgan fingerprint density at radius 1 is 1.00 bits per heavy atom. The molecule has 3 heterocycles. The molecule has 1 N–H and O–H groups in total. The van der Waals surface area contributed by atoms with Crippen LogP contribution in [0.4, 0.5) is 24.7 Å². The third-order valence-corrected chi connectivity index (χ3v) is 11.0. The van der Waals surface area contributed by atoms with Crippen LogP contribution in [0.1, 0.15) is 31.9 Å². The van der Waals surface area contributed by atoms with E-state index in [0.29, 0.717) is 23.8 Å². The fourth-order valence-electron chi connectivity index (χ4n) is 3.48. The molecule has 0 radical (unpaired) electrons. The van der Waals surface area contributed by atoms with Gasteiger partial charge in [0.2, 0.25) is 0 Å². The van der Waals surface area contributed by atoms with Crippen molar-refractivity contribution in [3.63, 3.8) is 0 Å². The Bertz CT molecular complexity index is 1330. The number of nitrogens with one attached hydrogen (secondary N) is 1. The normalized spacial score (nSPS) is 12.8. The number of benzene rings is 1. The quantitative estimate of drug-likeness (QED) is 0.277. The summed E-state index contributed by atoms with van der Waals surface area (Å²) < 4.78 is 47.2. The van der Waals surface area contributed by atoms with Gasteiger partial charge in [-0.2, -0.15) is 13.2 Å². The number of fused-ring (bicyclic) bond motifs is 1. The molecule has 0 amide bonds. The van der Waals surface area contributed by atoms with Gasteiger partial charge in [0.1, 0.15) is 11.5 Å². The van der Waals surface area contributed by atoms with Crippen LogP contribution in [-0.4, -0.2) is 22.7 Å². The van der Waals surface area contributed by atoms with E-state index in [1.54, 1.807) is 12.4 Å². The molecule has 4 aromatic rings. The first-order valence-electron chi connectivity index (χ1n) is 11.3. The van der Waals surface area contributed by atoms with Gasteiger partial charge in [0.15, 0.2) is 8.32 Å². The first kappa shape index (κ1) is 24.9. The second kappa shape index (κ2) is 9.12. The van der Waals surface area contributed by atoms with Crippen LogP contribution in [0.25, 0.3) is 16.9 Å². The van der Waals surface area contributed by atoms with Gasteiger partial charge in [-0.3, -0.25) is 4.98 Å². The summed E-state index contributed by atoms with van der Waals surface area (Å²) >= 11 is 0. The van der Waals surface area contributed by atoms with E-state index in [1.807, 2.05) is 24.4 Å². The van der Waals surface area contributed by atoms with Gasteiger partial charge in [-0.15, -0.1) is 0 Å². The standard InChI is InChI=1S/C26H29F3N4OSi/c1-25(2,3)35(4,5)34-17-18-14-21-8-6-7-13-33(21)24(18)22-15-30-16-23(32-22)31-20-11-9-19(10-12-20)26(27,28)29/h6-16H,17H2,1-5H3,(H,31,32). The van der Waals surface area contributed by atoms with Gasteiger partial charge in [0, 0.05) is 23.0 Å². The van der Waals surface area contributed by atoms with Gasteiger partial charge in [-0.25, -0.2) is 4.98 Å². The molecular weight excluding hydrogens is 469 g/mol. The van der Waals surface area contributed by atoms with Crippen LogP contribution in [-0.2, 0) is 17.2 Å². The summed E-state index contributed by atoms with van der Waals surface area (Å²) in [5, 5.41) is 3.13. The molecule has 184 valence electrons. The van der Waals surface area contributed by atoms with Crippen LogP contribution in [0.3, 0.4) is 0 Å². The summed E-state index contributed by atoms with van der Waals surface area (Å²) in [6.07, 6.45) is 0.820. The number of aromatic nitrogens is 3. The average molecular weight is 499 g/mol. The number of hydrogen-bond donors (Lipinski definition) is 1. The Kier molecular flexibility index (Phi) is 6.50. The van der Waals surface area contributed by atoms with Crippen LogP contribution in [0.5, 0.6) is 0 Å². The number of hydrogen-bond acceptors (Lipinski definition) is 4. The highest BCUT2D eigenvalue weighted by Crippen LogP contribution is 2.38. The topological polar surface area (TPSA) is 51.5 Å². The molecule has 0 fully saturated rings. The molecule has 0 spiro atoms. The monoisotopic (exact) mass is 498 g/mol. The second-order valence-corrected chi connectivity index (χ2v) is 14.9. The van der Waals surface area contributed by atoms with E-state index >= 15 is 0 Å². The van der Waals surface area contributed by atoms with Crippen LogP contribution in [0, 0.1) is 0 Å². The van der Waals surface area contributed by atoms with Crippen molar-refractivity contribution >= 4 is 25.3 Å². The Morgan fingerprint density at radius 3 is 2.37 bits per heavy atom. The minimum atomic E-state index is -4.38. The molecule has 35 heavy (non-hydrogen) atoms. The molecule has 0 bridgehead atoms. The Labute approximate surface area is 204 Å². The van der Waals surface area contributed by atoms with E-state index < -0.39 is 20.1 Å². The maximum Gasteiger partial charge on any atom is 0.416 e. The zero-order valence-corrected chi connectivity index (χ0v) is 21.4. The van der Waals surface area contributed by atoms with Crippen LogP contribution in [0.2, 0.25) is 18.1 Å². The van der Waals surface area contributed by atoms with E-state index in [9.17, 15) is 13.2 Å². The van der Waals surface area contributed by atoms with E-state index in [2.05, 4.69) is 54.6 Å². The van der Waals surface area contributed by atoms with Crippen molar-refractivity contribution in [3.8, 4) is 11.4 Å². The van der Waals surface area contributed by atoms with Gasteiger partial charge in [-0.1, -0.05) is 26.8 Å². The van der Waals surface area contributed by atoms with Gasteiger partial charge in [0.05, 0.1) is 30.3 Å². The van der Waals surface area contributed by atoms with E-state index in [1.165, 1.54) is 12.1 Å². The Morgan fingerprint density at radius 2 is 1.71 bits per heavy atom. The highest BCUT2D eigenvalue weighted by molar-refractivity contribution is 6.74. The molecule has 1 aromatic carbocycles. The van der Waals surface area contributed by atoms with E-state index in [0.717, 1.165) is 28.9 Å². The molecule has 5 nitrogen and oxygen atoms in total. The smallest absolute Gasteiger partial charge is 0.412 e. The molecule has 0 aliphatic carbocycles.